The van der Waals surface area contributed by atoms with Gasteiger partial charge in [-0.25, -0.2) is 22.9 Å². The third-order valence-electron chi connectivity index (χ3n) is 12.5. The summed E-state index contributed by atoms with van der Waals surface area (Å²) in [7, 11) is -2.79. The molecule has 5 aromatic rings. The number of amides is 4. The molecule has 3 N–H and O–H groups in total. The summed E-state index contributed by atoms with van der Waals surface area (Å²) < 4.78 is 40.8. The highest BCUT2D eigenvalue weighted by Crippen LogP contribution is 2.46. The van der Waals surface area contributed by atoms with Crippen molar-refractivity contribution in [2.24, 2.45) is 5.92 Å². The van der Waals surface area contributed by atoms with E-state index < -0.39 is 63.4 Å². The number of aromatic nitrogens is 5. The number of rotatable bonds is 10. The second-order valence-electron chi connectivity index (χ2n) is 16.8. The van der Waals surface area contributed by atoms with Gasteiger partial charge >= 0.3 is 6.09 Å². The quantitative estimate of drug-likeness (QED) is 0.132. The Labute approximate surface area is 384 Å². The molecule has 2 saturated carbocycles. The fourth-order valence-corrected chi connectivity index (χ4v) is 11.8. The normalized spacial score (nSPS) is 24.5. The third-order valence-corrected chi connectivity index (χ3v) is 16.2. The monoisotopic (exact) mass is 939 g/mol. The second kappa shape index (κ2) is 18.9. The summed E-state index contributed by atoms with van der Waals surface area (Å²) in [5.74, 6) is -1.87. The number of nitrogens with one attached hydrogen (secondary N) is 3. The number of thiazole rings is 1. The van der Waals surface area contributed by atoms with E-state index in [1.165, 1.54) is 27.1 Å². The standard InChI is InChI=1S/C45H49N9O8S3/c1-61-31-18-16-28(17-19-31)38-39(41-47-23-24-63-41)51-54(50-38)30-25-35-40(55)49-45(43(57)52-65(59,60)37-21-20-36(64-37)33-14-9-10-22-46-33)26-29(45)11-5-3-2-4-6-15-34(42(56)53(35)27-30)48-44(58)62-32-12-7-8-13-32/h5,9-11,14,16-24,29-30,32,34-35H,2-4,6-8,12-13,15,25-27H2,1H3,(H,48,58)(H,49,55)(H,52,57)/b11-5+/t29-,30-,34-,35+,45-/m1/s1. The fourth-order valence-electron chi connectivity index (χ4n) is 8.88. The van der Waals surface area contributed by atoms with Gasteiger partial charge in [0.05, 0.1) is 23.7 Å². The molecular weight excluding hydrogens is 891 g/mol. The van der Waals surface area contributed by atoms with Crippen LogP contribution in [0.25, 0.3) is 32.5 Å². The van der Waals surface area contributed by atoms with Crippen LogP contribution in [0.3, 0.4) is 0 Å². The van der Waals surface area contributed by atoms with E-state index >= 15 is 0 Å². The number of fused-ring (bicyclic) bond motifs is 2. The molecular formula is C45H49N9O8S3. The van der Waals surface area contributed by atoms with Crippen LogP contribution < -0.4 is 20.1 Å². The van der Waals surface area contributed by atoms with Crippen LogP contribution in [-0.2, 0) is 29.1 Å². The minimum atomic E-state index is -4.37. The van der Waals surface area contributed by atoms with Gasteiger partial charge in [0.2, 0.25) is 11.8 Å². The molecule has 4 aliphatic rings. The lowest BCUT2D eigenvalue weighted by molar-refractivity contribution is -0.141. The van der Waals surface area contributed by atoms with Crippen LogP contribution in [0.2, 0.25) is 0 Å². The van der Waals surface area contributed by atoms with E-state index in [1.807, 2.05) is 41.8 Å². The summed E-state index contributed by atoms with van der Waals surface area (Å²) in [5.41, 5.74) is 0.770. The number of sulfonamides is 1. The molecule has 65 heavy (non-hydrogen) atoms. The van der Waals surface area contributed by atoms with Crippen molar-refractivity contribution < 1.29 is 37.1 Å². The lowest BCUT2D eigenvalue weighted by Crippen LogP contribution is -2.58. The Hall–Kier alpha value is -5.99. The minimum Gasteiger partial charge on any atom is -0.497 e. The van der Waals surface area contributed by atoms with Crippen molar-refractivity contribution in [1.82, 2.24) is 45.2 Å². The van der Waals surface area contributed by atoms with Gasteiger partial charge in [-0.1, -0.05) is 31.1 Å². The molecule has 4 aromatic heterocycles. The van der Waals surface area contributed by atoms with E-state index in [1.54, 1.807) is 43.8 Å². The molecule has 0 radical (unpaired) electrons. The first-order valence-corrected chi connectivity index (χ1v) is 25.0. The summed E-state index contributed by atoms with van der Waals surface area (Å²) in [5, 5.41) is 18.1. The van der Waals surface area contributed by atoms with Crippen molar-refractivity contribution in [3.8, 4) is 38.3 Å². The van der Waals surface area contributed by atoms with E-state index in [-0.39, 0.29) is 29.7 Å². The number of allylic oxidation sites excluding steroid dienone is 1. The summed E-state index contributed by atoms with van der Waals surface area (Å²) in [4.78, 5) is 69.8. The summed E-state index contributed by atoms with van der Waals surface area (Å²) in [6, 6.07) is 12.9. The molecule has 0 unspecified atom stereocenters. The number of hydrogen-bond donors (Lipinski definition) is 3. The van der Waals surface area contributed by atoms with E-state index in [9.17, 15) is 27.6 Å². The molecule has 1 saturated heterocycles. The molecule has 17 nitrogen and oxygen atoms in total. The Balaban J connectivity index is 1.03. The van der Waals surface area contributed by atoms with E-state index in [0.717, 1.165) is 55.4 Å². The Morgan fingerprint density at radius 1 is 0.923 bits per heavy atom. The highest BCUT2D eigenvalue weighted by atomic mass is 32.2. The van der Waals surface area contributed by atoms with Crippen molar-refractivity contribution in [3.05, 3.63) is 84.5 Å². The number of methoxy groups -OCH3 is 1. The number of pyridine rings is 1. The van der Waals surface area contributed by atoms with E-state index in [4.69, 9.17) is 19.7 Å². The number of hydrogen-bond acceptors (Lipinski definition) is 14. The summed E-state index contributed by atoms with van der Waals surface area (Å²) >= 11 is 2.37. The van der Waals surface area contributed by atoms with Crippen LogP contribution in [0.1, 0.15) is 76.7 Å². The highest BCUT2D eigenvalue weighted by Gasteiger charge is 2.62. The van der Waals surface area contributed by atoms with Gasteiger partial charge in [-0.2, -0.15) is 9.90 Å². The van der Waals surface area contributed by atoms with Crippen molar-refractivity contribution >= 4 is 56.5 Å². The average Bonchev–Trinajstić information content (AvgIpc) is 4.07. The van der Waals surface area contributed by atoms with E-state index in [0.29, 0.717) is 52.0 Å². The maximum absolute atomic E-state index is 14.9. The molecule has 20 heteroatoms. The first-order chi connectivity index (χ1) is 31.5. The highest BCUT2D eigenvalue weighted by molar-refractivity contribution is 7.92. The van der Waals surface area contributed by atoms with Crippen molar-refractivity contribution in [2.75, 3.05) is 13.7 Å². The lowest BCUT2D eigenvalue weighted by atomic mass is 10.0. The Bertz CT molecular complexity index is 2670. The Morgan fingerprint density at radius 2 is 1.72 bits per heavy atom. The number of nitrogens with zero attached hydrogens (tertiary/aromatic N) is 6. The predicted molar refractivity (Wildman–Crippen MR) is 242 cm³/mol. The lowest BCUT2D eigenvalue weighted by Gasteiger charge is -2.30. The fraction of sp³-hybridized carbons (Fsp3) is 0.422. The number of ether oxygens (including phenoxy) is 2. The van der Waals surface area contributed by atoms with Gasteiger partial charge in [-0.3, -0.25) is 19.4 Å². The summed E-state index contributed by atoms with van der Waals surface area (Å²) in [6.07, 6.45) is 12.9. The zero-order valence-corrected chi connectivity index (χ0v) is 38.1. The average molecular weight is 940 g/mol. The second-order valence-corrected chi connectivity index (χ2v) is 20.7. The van der Waals surface area contributed by atoms with Crippen LogP contribution in [-0.4, -0.2) is 99.5 Å². The summed E-state index contributed by atoms with van der Waals surface area (Å²) in [6.45, 7) is -0.00525. The molecule has 2 aliphatic heterocycles. The molecule has 2 aliphatic carbocycles. The molecule has 5 atom stereocenters. The number of carbonyl (C=O) groups excluding carboxylic acids is 4. The van der Waals surface area contributed by atoms with Gasteiger partial charge in [0.15, 0.2) is 0 Å². The van der Waals surface area contributed by atoms with Crippen LogP contribution in [0.4, 0.5) is 4.79 Å². The van der Waals surface area contributed by atoms with Gasteiger partial charge in [0, 0.05) is 42.2 Å². The van der Waals surface area contributed by atoms with E-state index in [2.05, 4.69) is 25.3 Å². The van der Waals surface area contributed by atoms with Crippen molar-refractivity contribution in [1.29, 1.82) is 0 Å². The smallest absolute Gasteiger partial charge is 0.408 e. The van der Waals surface area contributed by atoms with Gasteiger partial charge < -0.3 is 25.0 Å². The first-order valence-electron chi connectivity index (χ1n) is 21.9. The molecule has 4 amide bonds. The first kappa shape index (κ1) is 44.2. The van der Waals surface area contributed by atoms with Crippen LogP contribution >= 0.6 is 22.7 Å². The number of benzene rings is 1. The minimum absolute atomic E-state index is 0.00525. The maximum atomic E-state index is 14.9. The predicted octanol–water partition coefficient (Wildman–Crippen LogP) is 6.28. The molecule has 1 aromatic carbocycles. The van der Waals surface area contributed by atoms with Gasteiger partial charge in [0.25, 0.3) is 15.9 Å². The van der Waals surface area contributed by atoms with Crippen LogP contribution in [0, 0.1) is 5.92 Å². The van der Waals surface area contributed by atoms with Crippen LogP contribution in [0.5, 0.6) is 5.75 Å². The largest absolute Gasteiger partial charge is 0.497 e. The molecule has 0 bridgehead atoms. The molecule has 3 fully saturated rings. The Kier molecular flexibility index (Phi) is 12.8. The van der Waals surface area contributed by atoms with Gasteiger partial charge in [-0.15, -0.1) is 27.8 Å². The third kappa shape index (κ3) is 9.55. The van der Waals surface area contributed by atoms with Crippen LogP contribution in [0.15, 0.2) is 88.7 Å². The van der Waals surface area contributed by atoms with Crippen molar-refractivity contribution in [2.45, 2.75) is 105 Å². The zero-order chi connectivity index (χ0) is 45.1. The number of alkyl carbamates (subject to hydrolysis) is 1. The van der Waals surface area contributed by atoms with Gasteiger partial charge in [-0.05, 0) is 99.9 Å². The van der Waals surface area contributed by atoms with Gasteiger partial charge in [0.1, 0.15) is 50.1 Å². The molecule has 6 heterocycles. The Morgan fingerprint density at radius 3 is 2.48 bits per heavy atom. The zero-order valence-electron chi connectivity index (χ0n) is 35.6. The van der Waals surface area contributed by atoms with Crippen molar-refractivity contribution in [3.63, 3.8) is 0 Å². The molecule has 340 valence electrons. The number of thiophene rings is 1. The topological polar surface area (TPSA) is 217 Å². The SMILES string of the molecule is COc1ccc(-c2nn([C@@H]3C[C@H]4C(=O)N[C@]5(C(=O)NS(=O)(=O)c6ccc(-c7ccccn7)s6)C[C@H]5/C=C/CCCCC[C@@H](NC(=O)OC5CCCC5)C(=O)N4C3)nc2-c2nccs2)cc1. The maximum Gasteiger partial charge on any atom is 0.408 e. The number of carbonyl (C=O) groups is 4. The molecule has 0 spiro atoms. The molecule has 9 rings (SSSR count).